The highest BCUT2D eigenvalue weighted by molar-refractivity contribution is 4.89. The molecule has 3 nitrogen and oxygen atoms in total. The smallest absolute Gasteiger partial charge is 0.0483 e. The molecule has 0 atom stereocenters. The zero-order valence-electron chi connectivity index (χ0n) is 9.22. The second-order valence-corrected chi connectivity index (χ2v) is 4.70. The molecule has 2 fully saturated rings. The molecule has 0 spiro atoms. The molecule has 2 aliphatic heterocycles. The monoisotopic (exact) mass is 198 g/mol. The standard InChI is InChI=1S/C11H22N2O/c1-11(3-9-14-10-4-11)13-7-2-5-12-6-8-13/h12H,2-10H2,1H3. The second kappa shape index (κ2) is 4.60. The van der Waals surface area contributed by atoms with Gasteiger partial charge in [0.25, 0.3) is 0 Å². The Bertz CT molecular complexity index is 170. The highest BCUT2D eigenvalue weighted by Crippen LogP contribution is 2.27. The van der Waals surface area contributed by atoms with E-state index in [-0.39, 0.29) is 0 Å². The molecule has 3 heteroatoms. The molecular formula is C11H22N2O. The van der Waals surface area contributed by atoms with E-state index >= 15 is 0 Å². The van der Waals surface area contributed by atoms with Crippen molar-refractivity contribution in [1.82, 2.24) is 10.2 Å². The van der Waals surface area contributed by atoms with Gasteiger partial charge in [-0.15, -0.1) is 0 Å². The van der Waals surface area contributed by atoms with Gasteiger partial charge >= 0.3 is 0 Å². The van der Waals surface area contributed by atoms with Crippen molar-refractivity contribution in [2.75, 3.05) is 39.4 Å². The Hall–Kier alpha value is -0.120. The zero-order chi connectivity index (χ0) is 9.86. The number of hydrogen-bond donors (Lipinski definition) is 1. The van der Waals surface area contributed by atoms with Gasteiger partial charge in [-0.05, 0) is 39.3 Å². The van der Waals surface area contributed by atoms with Crippen LogP contribution in [0.4, 0.5) is 0 Å². The summed E-state index contributed by atoms with van der Waals surface area (Å²) in [6.45, 7) is 9.08. The molecule has 2 rings (SSSR count). The summed E-state index contributed by atoms with van der Waals surface area (Å²) in [6.07, 6.45) is 3.69. The molecule has 0 unspecified atom stereocenters. The molecule has 14 heavy (non-hydrogen) atoms. The van der Waals surface area contributed by atoms with Crippen LogP contribution in [0.5, 0.6) is 0 Å². The topological polar surface area (TPSA) is 24.5 Å². The maximum absolute atomic E-state index is 5.44. The van der Waals surface area contributed by atoms with E-state index in [1.807, 2.05) is 0 Å². The van der Waals surface area contributed by atoms with E-state index in [0.29, 0.717) is 5.54 Å². The van der Waals surface area contributed by atoms with Gasteiger partial charge in [0.2, 0.25) is 0 Å². The fourth-order valence-electron chi connectivity index (χ4n) is 2.51. The van der Waals surface area contributed by atoms with Gasteiger partial charge in [0.05, 0.1) is 0 Å². The van der Waals surface area contributed by atoms with E-state index in [2.05, 4.69) is 17.1 Å². The Balaban J connectivity index is 1.95. The van der Waals surface area contributed by atoms with Gasteiger partial charge in [-0.3, -0.25) is 4.90 Å². The molecule has 0 amide bonds. The average Bonchev–Trinajstić information content (AvgIpc) is 2.47. The SMILES string of the molecule is CC1(N2CCCNCC2)CCOCC1. The molecule has 0 saturated carbocycles. The second-order valence-electron chi connectivity index (χ2n) is 4.70. The van der Waals surface area contributed by atoms with E-state index in [1.54, 1.807) is 0 Å². The summed E-state index contributed by atoms with van der Waals surface area (Å²) >= 11 is 0. The van der Waals surface area contributed by atoms with Gasteiger partial charge in [0, 0.05) is 31.8 Å². The Morgan fingerprint density at radius 1 is 1.14 bits per heavy atom. The summed E-state index contributed by atoms with van der Waals surface area (Å²) in [6, 6.07) is 0. The van der Waals surface area contributed by atoms with Crippen molar-refractivity contribution in [2.45, 2.75) is 31.7 Å². The van der Waals surface area contributed by atoms with Crippen molar-refractivity contribution in [3.8, 4) is 0 Å². The Morgan fingerprint density at radius 3 is 2.71 bits per heavy atom. The summed E-state index contributed by atoms with van der Waals surface area (Å²) in [5, 5.41) is 3.46. The Kier molecular flexibility index (Phi) is 3.42. The summed E-state index contributed by atoms with van der Waals surface area (Å²) < 4.78 is 5.44. The van der Waals surface area contributed by atoms with Gasteiger partial charge in [0.15, 0.2) is 0 Å². The van der Waals surface area contributed by atoms with Gasteiger partial charge in [-0.2, -0.15) is 0 Å². The first kappa shape index (κ1) is 10.4. The number of ether oxygens (including phenoxy) is 1. The van der Waals surface area contributed by atoms with Gasteiger partial charge in [-0.1, -0.05) is 0 Å². The summed E-state index contributed by atoms with van der Waals surface area (Å²) in [5.74, 6) is 0. The molecular weight excluding hydrogens is 176 g/mol. The van der Waals surface area contributed by atoms with Gasteiger partial charge < -0.3 is 10.1 Å². The molecule has 2 saturated heterocycles. The maximum Gasteiger partial charge on any atom is 0.0483 e. The van der Waals surface area contributed by atoms with Crippen LogP contribution in [0, 0.1) is 0 Å². The third-order valence-electron chi connectivity index (χ3n) is 3.67. The molecule has 82 valence electrons. The molecule has 0 aromatic rings. The van der Waals surface area contributed by atoms with Gasteiger partial charge in [0.1, 0.15) is 0 Å². The highest BCUT2D eigenvalue weighted by atomic mass is 16.5. The quantitative estimate of drug-likeness (QED) is 0.676. The first-order valence-electron chi connectivity index (χ1n) is 5.85. The number of rotatable bonds is 1. The van der Waals surface area contributed by atoms with E-state index < -0.39 is 0 Å². The minimum absolute atomic E-state index is 0.407. The van der Waals surface area contributed by atoms with Crippen molar-refractivity contribution in [3.05, 3.63) is 0 Å². The van der Waals surface area contributed by atoms with Crippen LogP contribution in [0.25, 0.3) is 0 Å². The normalized spacial score (nSPS) is 29.8. The third kappa shape index (κ3) is 2.27. The van der Waals surface area contributed by atoms with Gasteiger partial charge in [-0.25, -0.2) is 0 Å². The van der Waals surface area contributed by atoms with E-state index in [9.17, 15) is 0 Å². The van der Waals surface area contributed by atoms with Crippen LogP contribution in [0.3, 0.4) is 0 Å². The van der Waals surface area contributed by atoms with Crippen LogP contribution >= 0.6 is 0 Å². The fourth-order valence-corrected chi connectivity index (χ4v) is 2.51. The Labute approximate surface area is 86.8 Å². The lowest BCUT2D eigenvalue weighted by Crippen LogP contribution is -2.51. The number of nitrogens with one attached hydrogen (secondary N) is 1. The van der Waals surface area contributed by atoms with Crippen LogP contribution in [-0.4, -0.2) is 49.8 Å². The maximum atomic E-state index is 5.44. The first-order chi connectivity index (χ1) is 6.81. The largest absolute Gasteiger partial charge is 0.381 e. The zero-order valence-corrected chi connectivity index (χ0v) is 9.22. The molecule has 0 aromatic heterocycles. The first-order valence-corrected chi connectivity index (χ1v) is 5.85. The lowest BCUT2D eigenvalue weighted by atomic mass is 9.90. The lowest BCUT2D eigenvalue weighted by molar-refractivity contribution is -0.0163. The molecule has 0 radical (unpaired) electrons. The van der Waals surface area contributed by atoms with Crippen LogP contribution < -0.4 is 5.32 Å². The molecule has 2 heterocycles. The summed E-state index contributed by atoms with van der Waals surface area (Å²) in [5.41, 5.74) is 0.407. The van der Waals surface area contributed by atoms with E-state index in [0.717, 1.165) is 19.8 Å². The lowest BCUT2D eigenvalue weighted by Gasteiger charge is -2.43. The number of hydrogen-bond acceptors (Lipinski definition) is 3. The highest BCUT2D eigenvalue weighted by Gasteiger charge is 2.33. The average molecular weight is 198 g/mol. The summed E-state index contributed by atoms with van der Waals surface area (Å²) in [4.78, 5) is 2.66. The minimum Gasteiger partial charge on any atom is -0.381 e. The van der Waals surface area contributed by atoms with Crippen molar-refractivity contribution < 1.29 is 4.74 Å². The molecule has 1 N–H and O–H groups in total. The van der Waals surface area contributed by atoms with Crippen molar-refractivity contribution >= 4 is 0 Å². The van der Waals surface area contributed by atoms with Crippen LogP contribution in [0.15, 0.2) is 0 Å². The number of nitrogens with zero attached hydrogens (tertiary/aromatic N) is 1. The predicted molar refractivity (Wildman–Crippen MR) is 57.5 cm³/mol. The Morgan fingerprint density at radius 2 is 1.93 bits per heavy atom. The molecule has 0 aliphatic carbocycles. The van der Waals surface area contributed by atoms with Crippen molar-refractivity contribution in [2.24, 2.45) is 0 Å². The van der Waals surface area contributed by atoms with E-state index in [1.165, 1.54) is 38.9 Å². The minimum atomic E-state index is 0.407. The van der Waals surface area contributed by atoms with Crippen LogP contribution in [0.2, 0.25) is 0 Å². The molecule has 2 aliphatic rings. The summed E-state index contributed by atoms with van der Waals surface area (Å²) in [7, 11) is 0. The predicted octanol–water partition coefficient (Wildman–Crippen LogP) is 0.851. The van der Waals surface area contributed by atoms with Crippen LogP contribution in [-0.2, 0) is 4.74 Å². The van der Waals surface area contributed by atoms with Crippen LogP contribution in [0.1, 0.15) is 26.2 Å². The van der Waals surface area contributed by atoms with Crippen molar-refractivity contribution in [1.29, 1.82) is 0 Å². The fraction of sp³-hybridized carbons (Fsp3) is 1.00. The third-order valence-corrected chi connectivity index (χ3v) is 3.67. The van der Waals surface area contributed by atoms with E-state index in [4.69, 9.17) is 4.74 Å². The molecule has 0 bridgehead atoms. The molecule has 0 aromatic carbocycles. The van der Waals surface area contributed by atoms with Crippen molar-refractivity contribution in [3.63, 3.8) is 0 Å².